The number of carbonyl (C=O) groups excluding carboxylic acids is 2. The number of hydrogen-bond donors (Lipinski definition) is 2. The van der Waals surface area contributed by atoms with Crippen LogP contribution in [0.3, 0.4) is 0 Å². The van der Waals surface area contributed by atoms with Gasteiger partial charge in [0, 0.05) is 18.5 Å². The molecule has 0 saturated carbocycles. The van der Waals surface area contributed by atoms with Gasteiger partial charge < -0.3 is 20.1 Å². The van der Waals surface area contributed by atoms with Crippen LogP contribution in [0.25, 0.3) is 11.1 Å². The van der Waals surface area contributed by atoms with Crippen LogP contribution in [0.1, 0.15) is 36.8 Å². The molecule has 34 heavy (non-hydrogen) atoms. The zero-order valence-corrected chi connectivity index (χ0v) is 18.7. The summed E-state index contributed by atoms with van der Waals surface area (Å²) in [7, 11) is 0. The van der Waals surface area contributed by atoms with Crippen LogP contribution in [0.4, 0.5) is 13.6 Å². The van der Waals surface area contributed by atoms with Gasteiger partial charge in [-0.1, -0.05) is 48.5 Å². The molecule has 0 spiro atoms. The van der Waals surface area contributed by atoms with E-state index in [2.05, 4.69) is 0 Å². The van der Waals surface area contributed by atoms with Gasteiger partial charge in [0.1, 0.15) is 6.61 Å². The number of nitrogens with zero attached hydrogens (tertiary/aromatic N) is 1. The summed E-state index contributed by atoms with van der Waals surface area (Å²) in [6, 6.07) is 14.9. The molecule has 9 heteroatoms. The minimum atomic E-state index is -3.84. The molecule has 0 bridgehead atoms. The molecular weight excluding hydrogens is 446 g/mol. The number of amides is 2. The molecule has 7 nitrogen and oxygen atoms in total. The Labute approximate surface area is 195 Å². The fourth-order valence-corrected chi connectivity index (χ4v) is 4.82. The summed E-state index contributed by atoms with van der Waals surface area (Å²) >= 11 is 0. The predicted octanol–water partition coefficient (Wildman–Crippen LogP) is 3.87. The van der Waals surface area contributed by atoms with Crippen molar-refractivity contribution in [3.63, 3.8) is 0 Å². The molecule has 1 aliphatic heterocycles. The number of ether oxygens (including phenoxy) is 1. The molecule has 0 unspecified atom stereocenters. The first-order chi connectivity index (χ1) is 16.2. The first-order valence-corrected chi connectivity index (χ1v) is 11.2. The summed E-state index contributed by atoms with van der Waals surface area (Å²) in [4.78, 5) is 36.7. The largest absolute Gasteiger partial charge is 0.481 e. The number of aliphatic carboxylic acids is 1. The Balaban J connectivity index is 1.33. The van der Waals surface area contributed by atoms with E-state index in [1.165, 1.54) is 0 Å². The highest BCUT2D eigenvalue weighted by molar-refractivity contribution is 5.85. The first kappa shape index (κ1) is 23.7. The Hall–Kier alpha value is -3.49. The lowest BCUT2D eigenvalue weighted by Gasteiger charge is -2.37. The second-order valence-corrected chi connectivity index (χ2v) is 8.79. The standard InChI is InChI=1S/C25H26F2N2O5/c1-15-12-16(22(30)31)10-11-29(15)23(32)25(26,27)14-28-24(33)34-13-21-19-8-4-2-6-17(19)18-7-3-5-9-20(18)21/h2-9,15-16,21H,10-14H2,1H3,(H,28,33)(H,30,31)/t15-,16-/m0/s1. The van der Waals surface area contributed by atoms with Crippen LogP contribution in [0, 0.1) is 5.92 Å². The van der Waals surface area contributed by atoms with Gasteiger partial charge >= 0.3 is 18.0 Å². The van der Waals surface area contributed by atoms with Crippen LogP contribution in [-0.4, -0.2) is 59.6 Å². The number of piperidine rings is 1. The Morgan fingerprint density at radius 1 is 1.09 bits per heavy atom. The molecule has 2 N–H and O–H groups in total. The molecule has 0 radical (unpaired) electrons. The Kier molecular flexibility index (Phi) is 6.54. The number of alkyl halides is 2. The SMILES string of the molecule is C[C@H]1C[C@@H](C(=O)O)CCN1C(=O)C(F)(F)CNC(=O)OCC1c2ccccc2-c2ccccc21. The van der Waals surface area contributed by atoms with E-state index in [4.69, 9.17) is 9.84 Å². The second kappa shape index (κ2) is 9.40. The summed E-state index contributed by atoms with van der Waals surface area (Å²) in [5, 5.41) is 11.1. The molecule has 2 amide bonds. The fraction of sp³-hybridized carbons (Fsp3) is 0.400. The Morgan fingerprint density at radius 2 is 1.68 bits per heavy atom. The van der Waals surface area contributed by atoms with E-state index in [0.717, 1.165) is 27.2 Å². The van der Waals surface area contributed by atoms with E-state index >= 15 is 0 Å². The normalized spacial score (nSPS) is 19.8. The molecule has 1 aliphatic carbocycles. The lowest BCUT2D eigenvalue weighted by atomic mass is 9.91. The van der Waals surface area contributed by atoms with Crippen molar-refractivity contribution in [1.29, 1.82) is 0 Å². The number of rotatable bonds is 6. The van der Waals surface area contributed by atoms with Crippen molar-refractivity contribution in [3.05, 3.63) is 59.7 Å². The maximum atomic E-state index is 14.5. The average Bonchev–Trinajstić information content (AvgIpc) is 3.14. The highest BCUT2D eigenvalue weighted by Crippen LogP contribution is 2.44. The minimum absolute atomic E-state index is 0.0287. The molecule has 1 saturated heterocycles. The third-order valence-electron chi connectivity index (χ3n) is 6.60. The minimum Gasteiger partial charge on any atom is -0.481 e. The number of alkyl carbamates (subject to hydrolysis) is 1. The van der Waals surface area contributed by atoms with Gasteiger partial charge in [-0.05, 0) is 42.0 Å². The molecule has 180 valence electrons. The van der Waals surface area contributed by atoms with Crippen LogP contribution in [0.15, 0.2) is 48.5 Å². The Morgan fingerprint density at radius 3 is 2.24 bits per heavy atom. The maximum absolute atomic E-state index is 14.5. The molecule has 2 aromatic carbocycles. The van der Waals surface area contributed by atoms with Gasteiger partial charge in [-0.15, -0.1) is 0 Å². The van der Waals surface area contributed by atoms with Crippen LogP contribution in [0.5, 0.6) is 0 Å². The van der Waals surface area contributed by atoms with Gasteiger partial charge in [-0.25, -0.2) is 4.79 Å². The highest BCUT2D eigenvalue weighted by Gasteiger charge is 2.45. The summed E-state index contributed by atoms with van der Waals surface area (Å²) in [6.45, 7) is 0.243. The van der Waals surface area contributed by atoms with E-state index in [-0.39, 0.29) is 31.9 Å². The smallest absolute Gasteiger partial charge is 0.407 e. The molecule has 1 fully saturated rings. The van der Waals surface area contributed by atoms with E-state index in [0.29, 0.717) is 0 Å². The quantitative estimate of drug-likeness (QED) is 0.666. The van der Waals surface area contributed by atoms with E-state index in [9.17, 15) is 23.2 Å². The Bertz CT molecular complexity index is 1060. The zero-order chi connectivity index (χ0) is 24.5. The van der Waals surface area contributed by atoms with Crippen molar-refractivity contribution < 1.29 is 33.0 Å². The van der Waals surface area contributed by atoms with E-state index in [1.807, 2.05) is 53.8 Å². The van der Waals surface area contributed by atoms with Gasteiger partial charge in [0.15, 0.2) is 0 Å². The first-order valence-electron chi connectivity index (χ1n) is 11.2. The highest BCUT2D eigenvalue weighted by atomic mass is 19.3. The number of hydrogen-bond acceptors (Lipinski definition) is 4. The number of carbonyl (C=O) groups is 3. The van der Waals surface area contributed by atoms with Crippen LogP contribution in [-0.2, 0) is 14.3 Å². The predicted molar refractivity (Wildman–Crippen MR) is 120 cm³/mol. The number of fused-ring (bicyclic) bond motifs is 3. The average molecular weight is 472 g/mol. The molecule has 0 aromatic heterocycles. The molecular formula is C25H26F2N2O5. The van der Waals surface area contributed by atoms with Crippen LogP contribution in [0.2, 0.25) is 0 Å². The molecule has 2 aliphatic rings. The third-order valence-corrected chi connectivity index (χ3v) is 6.60. The number of benzene rings is 2. The third kappa shape index (κ3) is 4.60. The molecule has 2 atom stereocenters. The molecule has 4 rings (SSSR count). The molecule has 2 aromatic rings. The summed E-state index contributed by atoms with van der Waals surface area (Å²) in [5.41, 5.74) is 4.08. The topological polar surface area (TPSA) is 95.9 Å². The van der Waals surface area contributed by atoms with E-state index in [1.54, 1.807) is 6.92 Å². The van der Waals surface area contributed by atoms with E-state index < -0.39 is 42.4 Å². The number of carboxylic acids is 1. The van der Waals surface area contributed by atoms with Gasteiger partial charge in [0.25, 0.3) is 5.91 Å². The summed E-state index contributed by atoms with van der Waals surface area (Å²) in [6.07, 6.45) is -0.815. The van der Waals surface area contributed by atoms with Gasteiger partial charge in [-0.2, -0.15) is 8.78 Å². The van der Waals surface area contributed by atoms with Crippen molar-refractivity contribution >= 4 is 18.0 Å². The molecule has 1 heterocycles. The maximum Gasteiger partial charge on any atom is 0.407 e. The van der Waals surface area contributed by atoms with Crippen molar-refractivity contribution in [3.8, 4) is 11.1 Å². The second-order valence-electron chi connectivity index (χ2n) is 8.79. The summed E-state index contributed by atoms with van der Waals surface area (Å²) in [5.74, 6) is -7.13. The number of carboxylic acid groups (broad SMARTS) is 1. The van der Waals surface area contributed by atoms with Crippen molar-refractivity contribution in [2.45, 2.75) is 37.6 Å². The fourth-order valence-electron chi connectivity index (χ4n) is 4.82. The number of nitrogens with one attached hydrogen (secondary N) is 1. The number of halogens is 2. The van der Waals surface area contributed by atoms with Gasteiger partial charge in [0.05, 0.1) is 12.5 Å². The van der Waals surface area contributed by atoms with Gasteiger partial charge in [-0.3, -0.25) is 9.59 Å². The monoisotopic (exact) mass is 472 g/mol. The van der Waals surface area contributed by atoms with Crippen molar-refractivity contribution in [2.24, 2.45) is 5.92 Å². The van der Waals surface area contributed by atoms with Crippen LogP contribution >= 0.6 is 0 Å². The van der Waals surface area contributed by atoms with Crippen molar-refractivity contribution in [2.75, 3.05) is 19.7 Å². The van der Waals surface area contributed by atoms with Crippen LogP contribution < -0.4 is 5.32 Å². The summed E-state index contributed by atoms with van der Waals surface area (Å²) < 4.78 is 34.3. The van der Waals surface area contributed by atoms with Crippen molar-refractivity contribution in [1.82, 2.24) is 10.2 Å². The zero-order valence-electron chi connectivity index (χ0n) is 18.7. The lowest BCUT2D eigenvalue weighted by molar-refractivity contribution is -0.163. The van der Waals surface area contributed by atoms with Gasteiger partial charge in [0.2, 0.25) is 0 Å². The number of likely N-dealkylation sites (tertiary alicyclic amines) is 1. The lowest BCUT2D eigenvalue weighted by Crippen LogP contribution is -2.55.